The Morgan fingerprint density at radius 3 is 2.45 bits per heavy atom. The van der Waals surface area contributed by atoms with Gasteiger partial charge in [0.2, 0.25) is 11.7 Å². The number of rotatable bonds is 5. The van der Waals surface area contributed by atoms with E-state index in [1.807, 2.05) is 20.8 Å². The molecule has 0 amide bonds. The molecule has 1 saturated carbocycles. The Bertz CT molecular complexity index is 421. The lowest BCUT2D eigenvalue weighted by molar-refractivity contribution is -0.0636. The molecule has 114 valence electrons. The Hall–Kier alpha value is -0.940. The van der Waals surface area contributed by atoms with Gasteiger partial charge in [-0.3, -0.25) is 0 Å². The molecule has 0 aliphatic heterocycles. The number of aromatic nitrogens is 2. The summed E-state index contributed by atoms with van der Waals surface area (Å²) in [5.41, 5.74) is 5.25. The Morgan fingerprint density at radius 1 is 1.25 bits per heavy atom. The number of ether oxygens (including phenoxy) is 1. The second-order valence-electron chi connectivity index (χ2n) is 6.04. The summed E-state index contributed by atoms with van der Waals surface area (Å²) < 4.78 is 11.5. The van der Waals surface area contributed by atoms with Gasteiger partial charge in [-0.15, -0.1) is 0 Å². The van der Waals surface area contributed by atoms with E-state index in [2.05, 4.69) is 10.1 Å². The van der Waals surface area contributed by atoms with Crippen LogP contribution in [-0.2, 0) is 15.9 Å². The SMILES string of the molecule is CCOC1(c2noc(C(C)(N)CC)n2)CCCCCC1. The van der Waals surface area contributed by atoms with Crippen molar-refractivity contribution in [1.82, 2.24) is 10.1 Å². The number of nitrogens with zero attached hydrogens (tertiary/aromatic N) is 2. The maximum atomic E-state index is 6.19. The highest BCUT2D eigenvalue weighted by molar-refractivity contribution is 5.07. The van der Waals surface area contributed by atoms with Crippen molar-refractivity contribution in [3.8, 4) is 0 Å². The topological polar surface area (TPSA) is 74.2 Å². The molecule has 5 heteroatoms. The number of nitrogens with two attached hydrogens (primary N) is 1. The van der Waals surface area contributed by atoms with Crippen LogP contribution in [0, 0.1) is 0 Å². The molecule has 1 heterocycles. The Kier molecular flexibility index (Phi) is 4.81. The van der Waals surface area contributed by atoms with Crippen LogP contribution in [0.4, 0.5) is 0 Å². The second kappa shape index (κ2) is 6.22. The monoisotopic (exact) mass is 281 g/mol. The molecule has 0 bridgehead atoms. The predicted octanol–water partition coefficient (Wildman–Crippen LogP) is 3.24. The van der Waals surface area contributed by atoms with E-state index in [0.29, 0.717) is 18.3 Å². The lowest BCUT2D eigenvalue weighted by Crippen LogP contribution is -2.34. The molecule has 1 aromatic heterocycles. The molecule has 1 aliphatic rings. The molecular weight excluding hydrogens is 254 g/mol. The van der Waals surface area contributed by atoms with Gasteiger partial charge in [-0.2, -0.15) is 4.98 Å². The molecule has 5 nitrogen and oxygen atoms in total. The Balaban J connectivity index is 2.30. The lowest BCUT2D eigenvalue weighted by atomic mass is 9.93. The molecule has 1 aromatic rings. The van der Waals surface area contributed by atoms with Gasteiger partial charge < -0.3 is 15.0 Å². The molecule has 20 heavy (non-hydrogen) atoms. The minimum atomic E-state index is -0.566. The summed E-state index contributed by atoms with van der Waals surface area (Å²) in [5, 5.41) is 4.20. The highest BCUT2D eigenvalue weighted by atomic mass is 16.5. The van der Waals surface area contributed by atoms with Crippen molar-refractivity contribution in [3.05, 3.63) is 11.7 Å². The molecule has 0 spiro atoms. The first-order chi connectivity index (χ1) is 9.54. The van der Waals surface area contributed by atoms with Crippen LogP contribution < -0.4 is 5.73 Å². The normalized spacial score (nSPS) is 22.2. The van der Waals surface area contributed by atoms with Crippen molar-refractivity contribution in [2.45, 2.75) is 76.9 Å². The van der Waals surface area contributed by atoms with Crippen LogP contribution in [0.1, 0.15) is 77.4 Å². The summed E-state index contributed by atoms with van der Waals surface area (Å²) in [4.78, 5) is 4.58. The fraction of sp³-hybridized carbons (Fsp3) is 0.867. The quantitative estimate of drug-likeness (QED) is 0.839. The molecule has 1 aliphatic carbocycles. The first-order valence-corrected chi connectivity index (χ1v) is 7.81. The van der Waals surface area contributed by atoms with E-state index in [4.69, 9.17) is 15.0 Å². The van der Waals surface area contributed by atoms with Crippen molar-refractivity contribution >= 4 is 0 Å². The summed E-state index contributed by atoms with van der Waals surface area (Å²) >= 11 is 0. The van der Waals surface area contributed by atoms with Crippen molar-refractivity contribution in [2.75, 3.05) is 6.61 Å². The van der Waals surface area contributed by atoms with Crippen molar-refractivity contribution in [3.63, 3.8) is 0 Å². The standard InChI is InChI=1S/C15H27N3O2/c1-4-14(3,16)13-17-12(18-20-13)15(19-5-2)10-8-6-7-9-11-15/h4-11,16H2,1-3H3. The Labute approximate surface area is 121 Å². The van der Waals surface area contributed by atoms with Crippen LogP contribution >= 0.6 is 0 Å². The van der Waals surface area contributed by atoms with E-state index in [1.54, 1.807) is 0 Å². The van der Waals surface area contributed by atoms with E-state index in [-0.39, 0.29) is 5.60 Å². The van der Waals surface area contributed by atoms with E-state index in [1.165, 1.54) is 12.8 Å². The number of hydrogen-bond donors (Lipinski definition) is 1. The van der Waals surface area contributed by atoms with Gasteiger partial charge >= 0.3 is 0 Å². The van der Waals surface area contributed by atoms with Gasteiger partial charge in [0.1, 0.15) is 5.60 Å². The third kappa shape index (κ3) is 3.04. The zero-order valence-corrected chi connectivity index (χ0v) is 12.9. The summed E-state index contributed by atoms with van der Waals surface area (Å²) in [6.45, 7) is 6.63. The fourth-order valence-electron chi connectivity index (χ4n) is 2.80. The third-order valence-corrected chi connectivity index (χ3v) is 4.39. The molecular formula is C15H27N3O2. The van der Waals surface area contributed by atoms with Crippen LogP contribution in [0.15, 0.2) is 4.52 Å². The van der Waals surface area contributed by atoms with E-state index in [0.717, 1.165) is 32.1 Å². The van der Waals surface area contributed by atoms with Crippen LogP contribution in [0.5, 0.6) is 0 Å². The number of hydrogen-bond acceptors (Lipinski definition) is 5. The van der Waals surface area contributed by atoms with E-state index >= 15 is 0 Å². The van der Waals surface area contributed by atoms with Gasteiger partial charge in [0.05, 0.1) is 5.54 Å². The summed E-state index contributed by atoms with van der Waals surface area (Å²) in [7, 11) is 0. The molecule has 0 radical (unpaired) electrons. The summed E-state index contributed by atoms with van der Waals surface area (Å²) in [5.74, 6) is 1.19. The largest absolute Gasteiger partial charge is 0.367 e. The van der Waals surface area contributed by atoms with Gasteiger partial charge in [0.25, 0.3) is 0 Å². The van der Waals surface area contributed by atoms with Gasteiger partial charge in [0.15, 0.2) is 0 Å². The van der Waals surface area contributed by atoms with Gasteiger partial charge in [-0.1, -0.05) is 37.8 Å². The zero-order chi connectivity index (χ0) is 14.6. The minimum absolute atomic E-state index is 0.378. The van der Waals surface area contributed by atoms with Gasteiger partial charge in [-0.05, 0) is 33.1 Å². The van der Waals surface area contributed by atoms with Crippen molar-refractivity contribution < 1.29 is 9.26 Å². The van der Waals surface area contributed by atoms with Gasteiger partial charge in [0, 0.05) is 6.61 Å². The second-order valence-corrected chi connectivity index (χ2v) is 6.04. The summed E-state index contributed by atoms with van der Waals surface area (Å²) in [6, 6.07) is 0. The van der Waals surface area contributed by atoms with Crippen LogP contribution in [0.2, 0.25) is 0 Å². The van der Waals surface area contributed by atoms with Crippen molar-refractivity contribution in [2.24, 2.45) is 5.73 Å². The van der Waals surface area contributed by atoms with Crippen LogP contribution in [0.3, 0.4) is 0 Å². The molecule has 2 N–H and O–H groups in total. The molecule has 1 fully saturated rings. The molecule has 0 saturated heterocycles. The molecule has 2 rings (SSSR count). The first kappa shape index (κ1) is 15.4. The van der Waals surface area contributed by atoms with Gasteiger partial charge in [-0.25, -0.2) is 0 Å². The third-order valence-electron chi connectivity index (χ3n) is 4.39. The van der Waals surface area contributed by atoms with E-state index in [9.17, 15) is 0 Å². The molecule has 1 atom stereocenters. The maximum absolute atomic E-state index is 6.19. The molecule has 1 unspecified atom stereocenters. The van der Waals surface area contributed by atoms with Crippen LogP contribution in [-0.4, -0.2) is 16.7 Å². The highest BCUT2D eigenvalue weighted by Gasteiger charge is 2.39. The average Bonchev–Trinajstić information content (AvgIpc) is 2.83. The predicted molar refractivity (Wildman–Crippen MR) is 77.1 cm³/mol. The average molecular weight is 281 g/mol. The van der Waals surface area contributed by atoms with Crippen molar-refractivity contribution in [1.29, 1.82) is 0 Å². The fourth-order valence-corrected chi connectivity index (χ4v) is 2.80. The smallest absolute Gasteiger partial charge is 0.246 e. The Morgan fingerprint density at radius 2 is 1.90 bits per heavy atom. The first-order valence-electron chi connectivity index (χ1n) is 7.81. The molecule has 0 aromatic carbocycles. The zero-order valence-electron chi connectivity index (χ0n) is 12.9. The van der Waals surface area contributed by atoms with Crippen LogP contribution in [0.25, 0.3) is 0 Å². The summed E-state index contributed by atoms with van der Waals surface area (Å²) in [6.07, 6.45) is 7.50. The highest BCUT2D eigenvalue weighted by Crippen LogP contribution is 2.38. The minimum Gasteiger partial charge on any atom is -0.367 e. The maximum Gasteiger partial charge on any atom is 0.246 e. The lowest BCUT2D eigenvalue weighted by Gasteiger charge is -2.29. The van der Waals surface area contributed by atoms with E-state index < -0.39 is 5.54 Å².